The molecule has 0 spiro atoms. The van der Waals surface area contributed by atoms with Crippen LogP contribution in [0.15, 0.2) is 6.07 Å². The molecular formula is C21H36N6. The Morgan fingerprint density at radius 3 is 2.48 bits per heavy atom. The van der Waals surface area contributed by atoms with E-state index in [1.54, 1.807) is 0 Å². The van der Waals surface area contributed by atoms with Gasteiger partial charge in [0.15, 0.2) is 0 Å². The van der Waals surface area contributed by atoms with E-state index < -0.39 is 0 Å². The van der Waals surface area contributed by atoms with Crippen molar-refractivity contribution in [3.63, 3.8) is 0 Å². The van der Waals surface area contributed by atoms with Crippen molar-refractivity contribution >= 4 is 11.8 Å². The number of nitrogens with zero attached hydrogens (tertiary/aromatic N) is 5. The molecule has 0 aliphatic carbocycles. The number of hydrogen-bond donors (Lipinski definition) is 1. The summed E-state index contributed by atoms with van der Waals surface area (Å²) in [6.07, 6.45) is 7.67. The molecule has 1 atom stereocenters. The smallest absolute Gasteiger partial charge is 0.227 e. The number of piperidine rings is 1. The van der Waals surface area contributed by atoms with Gasteiger partial charge in [0.05, 0.1) is 0 Å². The fourth-order valence-electron chi connectivity index (χ4n) is 4.92. The third kappa shape index (κ3) is 4.54. The predicted octanol–water partition coefficient (Wildman–Crippen LogP) is 2.43. The molecule has 0 unspecified atom stereocenters. The minimum Gasteiger partial charge on any atom is -0.356 e. The number of likely N-dealkylation sites (tertiary alicyclic amines) is 1. The van der Waals surface area contributed by atoms with Crippen molar-refractivity contribution in [1.29, 1.82) is 0 Å². The van der Waals surface area contributed by atoms with Gasteiger partial charge in [-0.2, -0.15) is 4.98 Å². The first-order valence-electron chi connectivity index (χ1n) is 11.1. The first-order chi connectivity index (χ1) is 13.2. The Morgan fingerprint density at radius 1 is 0.963 bits per heavy atom. The van der Waals surface area contributed by atoms with Crippen LogP contribution in [0, 0.1) is 6.92 Å². The number of likely N-dealkylation sites (N-methyl/N-ethyl adjacent to an activating group) is 1. The first kappa shape index (κ1) is 18.9. The molecule has 0 aromatic carbocycles. The van der Waals surface area contributed by atoms with Crippen molar-refractivity contribution in [3.05, 3.63) is 11.8 Å². The highest BCUT2D eigenvalue weighted by Crippen LogP contribution is 2.24. The number of aromatic nitrogens is 2. The molecule has 150 valence electrons. The van der Waals surface area contributed by atoms with Gasteiger partial charge < -0.3 is 15.1 Å². The summed E-state index contributed by atoms with van der Waals surface area (Å²) in [6, 6.07) is 3.56. The van der Waals surface area contributed by atoms with Crippen LogP contribution >= 0.6 is 0 Å². The maximum absolute atomic E-state index is 4.91. The number of hydrogen-bond acceptors (Lipinski definition) is 6. The lowest BCUT2D eigenvalue weighted by atomic mass is 10.0. The molecule has 4 rings (SSSR count). The molecule has 6 nitrogen and oxygen atoms in total. The second-order valence-electron chi connectivity index (χ2n) is 8.46. The van der Waals surface area contributed by atoms with Crippen LogP contribution in [0.25, 0.3) is 0 Å². The fraction of sp³-hybridized carbons (Fsp3) is 0.810. The van der Waals surface area contributed by atoms with E-state index in [9.17, 15) is 0 Å². The van der Waals surface area contributed by atoms with Gasteiger partial charge in [0, 0.05) is 56.6 Å². The zero-order valence-corrected chi connectivity index (χ0v) is 17.2. The average Bonchev–Trinajstić information content (AvgIpc) is 3.38. The Labute approximate surface area is 164 Å². The predicted molar refractivity (Wildman–Crippen MR) is 112 cm³/mol. The van der Waals surface area contributed by atoms with E-state index in [1.807, 2.05) is 0 Å². The molecular weight excluding hydrogens is 336 g/mol. The lowest BCUT2D eigenvalue weighted by molar-refractivity contribution is 0.248. The van der Waals surface area contributed by atoms with E-state index in [2.05, 4.69) is 44.9 Å². The van der Waals surface area contributed by atoms with Crippen LogP contribution in [0.3, 0.4) is 0 Å². The van der Waals surface area contributed by atoms with Gasteiger partial charge in [-0.05, 0) is 58.5 Å². The standard InChI is InChI=1S/C21H36N6/c1-3-25-12-6-7-19(25)16-22-18-8-13-26(14-9-18)20-15-17(2)23-21(24-20)27-10-4-5-11-27/h15,18-19,22H,3-14,16H2,1-2H3/t19-/m1/s1. The van der Waals surface area contributed by atoms with E-state index in [4.69, 9.17) is 4.98 Å². The fourth-order valence-corrected chi connectivity index (χ4v) is 4.92. The molecule has 1 aromatic rings. The van der Waals surface area contributed by atoms with Gasteiger partial charge in [-0.3, -0.25) is 4.90 Å². The van der Waals surface area contributed by atoms with Crippen LogP contribution in [0.1, 0.15) is 51.1 Å². The molecule has 3 aliphatic heterocycles. The van der Waals surface area contributed by atoms with Crippen LogP contribution in [0.2, 0.25) is 0 Å². The second kappa shape index (κ2) is 8.74. The Hall–Kier alpha value is -1.40. The molecule has 1 aromatic heterocycles. The summed E-state index contributed by atoms with van der Waals surface area (Å²) in [5.41, 5.74) is 1.09. The zero-order valence-electron chi connectivity index (χ0n) is 17.2. The summed E-state index contributed by atoms with van der Waals surface area (Å²) in [6.45, 7) is 12.4. The molecule has 0 bridgehead atoms. The minimum absolute atomic E-state index is 0.654. The molecule has 3 fully saturated rings. The van der Waals surface area contributed by atoms with Crippen LogP contribution in [-0.4, -0.2) is 72.8 Å². The van der Waals surface area contributed by atoms with Gasteiger partial charge in [0.25, 0.3) is 0 Å². The third-order valence-electron chi connectivity index (χ3n) is 6.58. The van der Waals surface area contributed by atoms with Crippen molar-refractivity contribution in [2.45, 2.75) is 64.5 Å². The average molecular weight is 373 g/mol. The van der Waals surface area contributed by atoms with E-state index in [-0.39, 0.29) is 0 Å². The number of anilines is 2. The summed E-state index contributed by atoms with van der Waals surface area (Å²) in [4.78, 5) is 17.0. The maximum atomic E-state index is 4.91. The SMILES string of the molecule is CCN1CCC[C@@H]1CNC1CCN(c2cc(C)nc(N3CCCC3)n2)CC1. The first-order valence-corrected chi connectivity index (χ1v) is 11.1. The van der Waals surface area contributed by atoms with Crippen molar-refractivity contribution in [2.75, 3.05) is 55.6 Å². The van der Waals surface area contributed by atoms with Gasteiger partial charge in [-0.1, -0.05) is 6.92 Å². The second-order valence-corrected chi connectivity index (χ2v) is 8.46. The van der Waals surface area contributed by atoms with Gasteiger partial charge in [0.1, 0.15) is 5.82 Å². The van der Waals surface area contributed by atoms with E-state index in [0.717, 1.165) is 56.2 Å². The van der Waals surface area contributed by atoms with Crippen molar-refractivity contribution < 1.29 is 0 Å². The number of rotatable bonds is 6. The van der Waals surface area contributed by atoms with Gasteiger partial charge in [-0.15, -0.1) is 0 Å². The zero-order chi connectivity index (χ0) is 18.6. The lowest BCUT2D eigenvalue weighted by Gasteiger charge is -2.35. The largest absolute Gasteiger partial charge is 0.356 e. The molecule has 0 radical (unpaired) electrons. The Kier molecular flexibility index (Phi) is 6.13. The van der Waals surface area contributed by atoms with E-state index >= 15 is 0 Å². The van der Waals surface area contributed by atoms with Crippen LogP contribution in [0.4, 0.5) is 11.8 Å². The summed E-state index contributed by atoms with van der Waals surface area (Å²) < 4.78 is 0. The molecule has 4 heterocycles. The lowest BCUT2D eigenvalue weighted by Crippen LogP contribution is -2.47. The highest BCUT2D eigenvalue weighted by molar-refractivity contribution is 5.46. The van der Waals surface area contributed by atoms with Crippen molar-refractivity contribution in [2.24, 2.45) is 0 Å². The van der Waals surface area contributed by atoms with E-state index in [1.165, 1.54) is 51.6 Å². The highest BCUT2D eigenvalue weighted by atomic mass is 15.3. The Balaban J connectivity index is 1.30. The van der Waals surface area contributed by atoms with Crippen molar-refractivity contribution in [3.8, 4) is 0 Å². The molecule has 0 amide bonds. The topological polar surface area (TPSA) is 47.5 Å². The molecule has 27 heavy (non-hydrogen) atoms. The van der Waals surface area contributed by atoms with Gasteiger partial charge >= 0.3 is 0 Å². The van der Waals surface area contributed by atoms with Crippen LogP contribution in [-0.2, 0) is 0 Å². The summed E-state index contributed by atoms with van der Waals surface area (Å²) in [5, 5.41) is 3.86. The maximum Gasteiger partial charge on any atom is 0.227 e. The molecule has 1 N–H and O–H groups in total. The van der Waals surface area contributed by atoms with Crippen molar-refractivity contribution in [1.82, 2.24) is 20.2 Å². The Bertz CT molecular complexity index is 607. The summed E-state index contributed by atoms with van der Waals surface area (Å²) in [7, 11) is 0. The van der Waals surface area contributed by atoms with Gasteiger partial charge in [-0.25, -0.2) is 4.98 Å². The number of nitrogens with one attached hydrogen (secondary N) is 1. The summed E-state index contributed by atoms with van der Waals surface area (Å²) >= 11 is 0. The molecule has 3 saturated heterocycles. The van der Waals surface area contributed by atoms with Crippen LogP contribution in [0.5, 0.6) is 0 Å². The monoisotopic (exact) mass is 372 g/mol. The Morgan fingerprint density at radius 2 is 1.74 bits per heavy atom. The quantitative estimate of drug-likeness (QED) is 0.828. The summed E-state index contributed by atoms with van der Waals surface area (Å²) in [5.74, 6) is 2.06. The highest BCUT2D eigenvalue weighted by Gasteiger charge is 2.26. The number of aryl methyl sites for hydroxylation is 1. The molecule has 0 saturated carbocycles. The van der Waals surface area contributed by atoms with Crippen LogP contribution < -0.4 is 15.1 Å². The molecule has 6 heteroatoms. The minimum atomic E-state index is 0.654. The van der Waals surface area contributed by atoms with E-state index in [0.29, 0.717) is 6.04 Å². The van der Waals surface area contributed by atoms with Gasteiger partial charge in [0.2, 0.25) is 5.95 Å². The normalized spacial score (nSPS) is 24.9. The third-order valence-corrected chi connectivity index (χ3v) is 6.58. The molecule has 3 aliphatic rings.